The second-order valence-corrected chi connectivity index (χ2v) is 11.4. The monoisotopic (exact) mass is 523 g/mol. The minimum Gasteiger partial charge on any atom is -0.497 e. The number of nitrogens with zero attached hydrogens (tertiary/aromatic N) is 2. The number of nitrogens with one attached hydrogen (secondary N) is 1. The van der Waals surface area contributed by atoms with Crippen LogP contribution in [0.15, 0.2) is 48.5 Å². The number of ether oxygens (including phenoxy) is 1. The second-order valence-electron chi connectivity index (χ2n) is 10.9. The van der Waals surface area contributed by atoms with Gasteiger partial charge in [0.1, 0.15) is 5.75 Å². The van der Waals surface area contributed by atoms with Gasteiger partial charge in [-0.1, -0.05) is 48.4 Å². The first-order valence-electron chi connectivity index (χ1n) is 13.7. The van der Waals surface area contributed by atoms with Gasteiger partial charge in [0.2, 0.25) is 11.8 Å². The third-order valence-electron chi connectivity index (χ3n) is 8.75. The van der Waals surface area contributed by atoms with Gasteiger partial charge in [0.25, 0.3) is 0 Å². The Bertz CT molecular complexity index is 1090. The number of methoxy groups -OCH3 is 1. The van der Waals surface area contributed by atoms with E-state index in [2.05, 4.69) is 10.2 Å². The lowest BCUT2D eigenvalue weighted by Gasteiger charge is -2.38. The molecule has 2 aromatic carbocycles. The summed E-state index contributed by atoms with van der Waals surface area (Å²) in [5, 5.41) is 3.99. The van der Waals surface area contributed by atoms with Crippen LogP contribution in [0.2, 0.25) is 5.02 Å². The Morgan fingerprint density at radius 3 is 2.43 bits per heavy atom. The number of hydrogen-bond acceptors (Lipinski definition) is 4. The molecule has 1 unspecified atom stereocenters. The zero-order chi connectivity index (χ0) is 25.8. The lowest BCUT2D eigenvalue weighted by Crippen LogP contribution is -2.45. The molecule has 6 nitrogen and oxygen atoms in total. The first-order valence-corrected chi connectivity index (χ1v) is 14.0. The number of likely N-dealkylation sites (tertiary alicyclic amines) is 2. The Morgan fingerprint density at radius 1 is 1.08 bits per heavy atom. The molecule has 3 aliphatic rings. The summed E-state index contributed by atoms with van der Waals surface area (Å²) in [5.74, 6) is 1.45. The van der Waals surface area contributed by atoms with E-state index in [4.69, 9.17) is 16.3 Å². The summed E-state index contributed by atoms with van der Waals surface area (Å²) in [6, 6.07) is 15.7. The Morgan fingerprint density at radius 2 is 1.78 bits per heavy atom. The number of benzene rings is 2. The Hall–Kier alpha value is -2.57. The van der Waals surface area contributed by atoms with E-state index in [0.717, 1.165) is 88.0 Å². The van der Waals surface area contributed by atoms with Gasteiger partial charge in [-0.2, -0.15) is 0 Å². The summed E-state index contributed by atoms with van der Waals surface area (Å²) in [6.07, 6.45) is 6.66. The third-order valence-corrected chi connectivity index (χ3v) is 9.10. The lowest BCUT2D eigenvalue weighted by atomic mass is 9.77. The molecule has 2 aliphatic heterocycles. The number of piperidine rings is 1. The molecule has 2 heterocycles. The molecule has 1 atom stereocenters. The summed E-state index contributed by atoms with van der Waals surface area (Å²) in [7, 11) is 1.66. The highest BCUT2D eigenvalue weighted by Crippen LogP contribution is 2.42. The van der Waals surface area contributed by atoms with Gasteiger partial charge in [0.15, 0.2) is 0 Å². The van der Waals surface area contributed by atoms with Crippen LogP contribution in [0, 0.1) is 11.3 Å². The molecule has 2 amide bonds. The Kier molecular flexibility index (Phi) is 8.06. The number of carbonyl (C=O) groups is 2. The summed E-state index contributed by atoms with van der Waals surface area (Å²) in [4.78, 5) is 30.7. The van der Waals surface area contributed by atoms with E-state index in [0.29, 0.717) is 17.5 Å². The SMILES string of the molecule is COc1ccc(CN2CCC3(CCN(CCC(NC(=O)C4CCC4)c4ccccc4Cl)CC3)C2=O)cc1. The fourth-order valence-corrected chi connectivity index (χ4v) is 6.27. The molecule has 3 fully saturated rings. The Labute approximate surface area is 225 Å². The zero-order valence-corrected chi connectivity index (χ0v) is 22.5. The number of amides is 2. The number of rotatable bonds is 9. The molecular formula is C30H38ClN3O3. The van der Waals surface area contributed by atoms with Crippen molar-refractivity contribution >= 4 is 23.4 Å². The van der Waals surface area contributed by atoms with Crippen molar-refractivity contribution in [1.29, 1.82) is 0 Å². The molecule has 7 heteroatoms. The van der Waals surface area contributed by atoms with Crippen molar-refractivity contribution in [3.05, 3.63) is 64.7 Å². The summed E-state index contributed by atoms with van der Waals surface area (Å²) >= 11 is 6.52. The van der Waals surface area contributed by atoms with Crippen LogP contribution < -0.4 is 10.1 Å². The van der Waals surface area contributed by atoms with Gasteiger partial charge in [0, 0.05) is 30.6 Å². The van der Waals surface area contributed by atoms with Gasteiger partial charge in [-0.3, -0.25) is 9.59 Å². The second kappa shape index (κ2) is 11.4. The summed E-state index contributed by atoms with van der Waals surface area (Å²) < 4.78 is 5.25. The highest BCUT2D eigenvalue weighted by atomic mass is 35.5. The highest BCUT2D eigenvalue weighted by molar-refractivity contribution is 6.31. The number of halogens is 1. The van der Waals surface area contributed by atoms with Gasteiger partial charge in [0.05, 0.1) is 18.6 Å². The predicted octanol–water partition coefficient (Wildman–Crippen LogP) is 5.21. The van der Waals surface area contributed by atoms with Crippen LogP contribution in [-0.4, -0.2) is 54.9 Å². The van der Waals surface area contributed by atoms with Crippen molar-refractivity contribution < 1.29 is 14.3 Å². The van der Waals surface area contributed by atoms with E-state index >= 15 is 0 Å². The van der Waals surface area contributed by atoms with E-state index in [1.54, 1.807) is 7.11 Å². The van der Waals surface area contributed by atoms with E-state index < -0.39 is 0 Å². The van der Waals surface area contributed by atoms with Gasteiger partial charge >= 0.3 is 0 Å². The normalized spacial score (nSPS) is 20.6. The summed E-state index contributed by atoms with van der Waals surface area (Å²) in [6.45, 7) is 4.18. The van der Waals surface area contributed by atoms with Crippen molar-refractivity contribution in [1.82, 2.24) is 15.1 Å². The molecule has 2 aromatic rings. The molecule has 1 saturated carbocycles. The largest absolute Gasteiger partial charge is 0.497 e. The Balaban J connectivity index is 1.15. The van der Waals surface area contributed by atoms with Crippen molar-refractivity contribution in [2.75, 3.05) is 33.3 Å². The van der Waals surface area contributed by atoms with Crippen LogP contribution in [-0.2, 0) is 16.1 Å². The molecule has 2 saturated heterocycles. The fraction of sp³-hybridized carbons (Fsp3) is 0.533. The quantitative estimate of drug-likeness (QED) is 0.490. The molecule has 0 bridgehead atoms. The van der Waals surface area contributed by atoms with Crippen molar-refractivity contribution in [2.24, 2.45) is 11.3 Å². The molecule has 1 spiro atoms. The van der Waals surface area contributed by atoms with Gasteiger partial charge < -0.3 is 19.9 Å². The number of hydrogen-bond donors (Lipinski definition) is 1. The maximum Gasteiger partial charge on any atom is 0.229 e. The average Bonchev–Trinajstić information content (AvgIpc) is 3.17. The minimum atomic E-state index is -0.219. The smallest absolute Gasteiger partial charge is 0.229 e. The maximum atomic E-state index is 13.4. The van der Waals surface area contributed by atoms with Crippen molar-refractivity contribution in [3.63, 3.8) is 0 Å². The van der Waals surface area contributed by atoms with Crippen LogP contribution in [0.3, 0.4) is 0 Å². The van der Waals surface area contributed by atoms with E-state index in [9.17, 15) is 9.59 Å². The maximum absolute atomic E-state index is 13.4. The van der Waals surface area contributed by atoms with Gasteiger partial charge in [-0.25, -0.2) is 0 Å². The van der Waals surface area contributed by atoms with E-state index in [1.165, 1.54) is 0 Å². The average molecular weight is 524 g/mol. The first kappa shape index (κ1) is 26.1. The standard InChI is InChI=1S/C30H38ClN3O3/c1-37-24-11-9-22(10-12-24)21-34-20-16-30(29(34)36)14-18-33(19-15-30)17-13-27(25-7-2-3-8-26(25)31)32-28(35)23-5-4-6-23/h2-3,7-12,23,27H,4-6,13-21H2,1H3,(H,32,35). The first-order chi connectivity index (χ1) is 18.0. The van der Waals surface area contributed by atoms with Crippen LogP contribution in [0.1, 0.15) is 62.1 Å². The molecule has 5 rings (SSSR count). The van der Waals surface area contributed by atoms with Crippen LogP contribution in [0.5, 0.6) is 5.75 Å². The molecule has 1 N–H and O–H groups in total. The third kappa shape index (κ3) is 5.80. The van der Waals surface area contributed by atoms with E-state index in [1.807, 2.05) is 53.4 Å². The molecule has 198 valence electrons. The van der Waals surface area contributed by atoms with Crippen LogP contribution in [0.4, 0.5) is 0 Å². The lowest BCUT2D eigenvalue weighted by molar-refractivity contribution is -0.139. The van der Waals surface area contributed by atoms with Crippen LogP contribution in [0.25, 0.3) is 0 Å². The van der Waals surface area contributed by atoms with Gasteiger partial charge in [-0.05, 0) is 80.9 Å². The molecule has 0 radical (unpaired) electrons. The topological polar surface area (TPSA) is 61.9 Å². The molecule has 1 aliphatic carbocycles. The van der Waals surface area contributed by atoms with Gasteiger partial charge in [-0.15, -0.1) is 0 Å². The van der Waals surface area contributed by atoms with E-state index in [-0.39, 0.29) is 23.3 Å². The molecular weight excluding hydrogens is 486 g/mol. The van der Waals surface area contributed by atoms with Crippen LogP contribution >= 0.6 is 11.6 Å². The summed E-state index contributed by atoms with van der Waals surface area (Å²) in [5.41, 5.74) is 1.91. The van der Waals surface area contributed by atoms with Crippen molar-refractivity contribution in [2.45, 2.75) is 57.5 Å². The molecule has 37 heavy (non-hydrogen) atoms. The minimum absolute atomic E-state index is 0.0919. The molecule has 0 aromatic heterocycles. The zero-order valence-electron chi connectivity index (χ0n) is 21.8. The van der Waals surface area contributed by atoms with Crippen molar-refractivity contribution in [3.8, 4) is 5.75 Å². The predicted molar refractivity (Wildman–Crippen MR) is 145 cm³/mol. The number of carbonyl (C=O) groups excluding carboxylic acids is 2. The highest BCUT2D eigenvalue weighted by Gasteiger charge is 2.47. The fourth-order valence-electron chi connectivity index (χ4n) is 6.00.